The van der Waals surface area contributed by atoms with Gasteiger partial charge >= 0.3 is 0 Å². The highest BCUT2D eigenvalue weighted by atomic mass is 15.0. The number of hydrogen-bond donors (Lipinski definition) is 0. The Morgan fingerprint density at radius 1 is 0.543 bits per heavy atom. The molecule has 3 nitrogen and oxygen atoms in total. The largest absolute Gasteiger partial charge is 0.309 e. The maximum Gasteiger partial charge on any atom is 0.0965 e. The standard InChI is InChI=1S/C32H23N3/c1-20-12-14-25-26-15-13-21(2)19-31(26)35(30(25)18-20)29-11-5-7-22-23(6-3-8-24(22)29)27-9-4-10-28-32(27)34-17-16-33-28/h3-19H,1-2H3. The quantitative estimate of drug-likeness (QED) is 0.266. The van der Waals surface area contributed by atoms with Gasteiger partial charge in [-0.2, -0.15) is 0 Å². The normalized spacial score (nSPS) is 11.7. The van der Waals surface area contributed by atoms with Crippen LogP contribution in [-0.2, 0) is 0 Å². The highest BCUT2D eigenvalue weighted by Crippen LogP contribution is 2.38. The van der Waals surface area contributed by atoms with Crippen LogP contribution in [0.4, 0.5) is 0 Å². The van der Waals surface area contributed by atoms with E-state index in [1.165, 1.54) is 55.0 Å². The third-order valence-corrected chi connectivity index (χ3v) is 7.01. The van der Waals surface area contributed by atoms with Gasteiger partial charge in [-0.25, -0.2) is 0 Å². The molecule has 35 heavy (non-hydrogen) atoms. The molecule has 3 heteroatoms. The molecule has 0 unspecified atom stereocenters. The number of aromatic nitrogens is 3. The van der Waals surface area contributed by atoms with E-state index in [0.717, 1.165) is 16.6 Å². The summed E-state index contributed by atoms with van der Waals surface area (Å²) in [5.41, 5.74) is 10.3. The Balaban J connectivity index is 1.59. The molecule has 0 aliphatic heterocycles. The zero-order chi connectivity index (χ0) is 23.5. The predicted octanol–water partition coefficient (Wildman–Crippen LogP) is 8.16. The summed E-state index contributed by atoms with van der Waals surface area (Å²) in [4.78, 5) is 9.19. The summed E-state index contributed by atoms with van der Waals surface area (Å²) in [6.45, 7) is 4.32. The van der Waals surface area contributed by atoms with E-state index < -0.39 is 0 Å². The Morgan fingerprint density at radius 3 is 1.94 bits per heavy atom. The maximum absolute atomic E-state index is 4.67. The first kappa shape index (κ1) is 19.9. The second kappa shape index (κ2) is 7.51. The molecule has 2 aromatic heterocycles. The van der Waals surface area contributed by atoms with Gasteiger partial charge in [-0.05, 0) is 60.2 Å². The molecule has 7 aromatic rings. The minimum Gasteiger partial charge on any atom is -0.309 e. The first-order valence-corrected chi connectivity index (χ1v) is 11.9. The van der Waals surface area contributed by atoms with Gasteiger partial charge in [0.1, 0.15) is 0 Å². The number of fused-ring (bicyclic) bond motifs is 5. The van der Waals surface area contributed by atoms with Crippen LogP contribution in [-0.4, -0.2) is 14.5 Å². The summed E-state index contributed by atoms with van der Waals surface area (Å²) in [5, 5.41) is 4.98. The van der Waals surface area contributed by atoms with Crippen LogP contribution >= 0.6 is 0 Å². The van der Waals surface area contributed by atoms with Crippen molar-refractivity contribution >= 4 is 43.6 Å². The van der Waals surface area contributed by atoms with Crippen molar-refractivity contribution in [2.24, 2.45) is 0 Å². The van der Waals surface area contributed by atoms with Crippen molar-refractivity contribution in [3.8, 4) is 16.8 Å². The molecule has 0 spiro atoms. The maximum atomic E-state index is 4.67. The molecule has 7 rings (SSSR count). The molecule has 166 valence electrons. The minimum absolute atomic E-state index is 0.909. The van der Waals surface area contributed by atoms with E-state index in [-0.39, 0.29) is 0 Å². The van der Waals surface area contributed by atoms with Gasteiger partial charge in [0.15, 0.2) is 0 Å². The Kier molecular flexibility index (Phi) is 4.27. The molecule has 0 aliphatic carbocycles. The number of rotatable bonds is 2. The molecule has 5 aromatic carbocycles. The second-order valence-electron chi connectivity index (χ2n) is 9.28. The Bertz CT molecular complexity index is 1860. The molecular weight excluding hydrogens is 426 g/mol. The second-order valence-corrected chi connectivity index (χ2v) is 9.28. The van der Waals surface area contributed by atoms with E-state index >= 15 is 0 Å². The summed E-state index contributed by atoms with van der Waals surface area (Å²) in [6.07, 6.45) is 3.52. The van der Waals surface area contributed by atoms with Crippen LogP contribution in [0.3, 0.4) is 0 Å². The van der Waals surface area contributed by atoms with Crippen molar-refractivity contribution in [2.45, 2.75) is 13.8 Å². The van der Waals surface area contributed by atoms with Crippen LogP contribution in [0, 0.1) is 13.8 Å². The van der Waals surface area contributed by atoms with Gasteiger partial charge in [-0.1, -0.05) is 66.7 Å². The number of hydrogen-bond acceptors (Lipinski definition) is 2. The van der Waals surface area contributed by atoms with E-state index in [9.17, 15) is 0 Å². The third-order valence-electron chi connectivity index (χ3n) is 7.01. The summed E-state index contributed by atoms with van der Waals surface area (Å²) >= 11 is 0. The van der Waals surface area contributed by atoms with Crippen LogP contribution in [0.2, 0.25) is 0 Å². The number of benzene rings is 5. The highest BCUT2D eigenvalue weighted by molar-refractivity contribution is 6.12. The number of para-hydroxylation sites is 1. The van der Waals surface area contributed by atoms with Gasteiger partial charge in [-0.15, -0.1) is 0 Å². The average Bonchev–Trinajstić information content (AvgIpc) is 3.19. The lowest BCUT2D eigenvalue weighted by Gasteiger charge is -2.15. The number of nitrogens with zero attached hydrogens (tertiary/aromatic N) is 3. The highest BCUT2D eigenvalue weighted by Gasteiger charge is 2.16. The molecule has 0 saturated carbocycles. The first-order valence-electron chi connectivity index (χ1n) is 11.9. The molecule has 0 bridgehead atoms. The smallest absolute Gasteiger partial charge is 0.0965 e. The fourth-order valence-corrected chi connectivity index (χ4v) is 5.43. The lowest BCUT2D eigenvalue weighted by atomic mass is 9.96. The first-order chi connectivity index (χ1) is 17.2. The van der Waals surface area contributed by atoms with Gasteiger partial charge in [0.25, 0.3) is 0 Å². The van der Waals surface area contributed by atoms with Gasteiger partial charge < -0.3 is 4.57 Å². The molecular formula is C32H23N3. The van der Waals surface area contributed by atoms with Gasteiger partial charge in [-0.3, -0.25) is 9.97 Å². The molecule has 0 atom stereocenters. The van der Waals surface area contributed by atoms with Gasteiger partial charge in [0.2, 0.25) is 0 Å². The molecule has 0 fully saturated rings. The predicted molar refractivity (Wildman–Crippen MR) is 146 cm³/mol. The van der Waals surface area contributed by atoms with Crippen LogP contribution in [0.15, 0.2) is 103 Å². The topological polar surface area (TPSA) is 30.7 Å². The Labute approximate surface area is 203 Å². The Morgan fingerprint density at radius 2 is 1.17 bits per heavy atom. The zero-order valence-corrected chi connectivity index (χ0v) is 19.7. The van der Waals surface area contributed by atoms with Crippen LogP contribution in [0.5, 0.6) is 0 Å². The van der Waals surface area contributed by atoms with Crippen molar-refractivity contribution in [1.29, 1.82) is 0 Å². The molecule has 0 N–H and O–H groups in total. The fourth-order valence-electron chi connectivity index (χ4n) is 5.43. The zero-order valence-electron chi connectivity index (χ0n) is 19.7. The monoisotopic (exact) mass is 449 g/mol. The molecule has 0 radical (unpaired) electrons. The minimum atomic E-state index is 0.909. The molecule has 0 amide bonds. The SMILES string of the molecule is Cc1ccc2c3ccc(C)cc3n(-c3cccc4c(-c5cccc6nccnc56)cccc34)c2c1. The summed E-state index contributed by atoms with van der Waals surface area (Å²) in [5.74, 6) is 0. The van der Waals surface area contributed by atoms with Gasteiger partial charge in [0, 0.05) is 34.1 Å². The lowest BCUT2D eigenvalue weighted by Crippen LogP contribution is -1.96. The van der Waals surface area contributed by atoms with Crippen molar-refractivity contribution < 1.29 is 0 Å². The van der Waals surface area contributed by atoms with E-state index in [1.807, 2.05) is 6.07 Å². The summed E-state index contributed by atoms with van der Waals surface area (Å²) < 4.78 is 2.43. The van der Waals surface area contributed by atoms with Crippen molar-refractivity contribution in [1.82, 2.24) is 14.5 Å². The third kappa shape index (κ3) is 2.98. The fraction of sp³-hybridized carbons (Fsp3) is 0.0625. The van der Waals surface area contributed by atoms with Crippen molar-refractivity contribution in [3.05, 3.63) is 115 Å². The molecule has 0 aliphatic rings. The van der Waals surface area contributed by atoms with E-state index in [4.69, 9.17) is 0 Å². The molecule has 0 saturated heterocycles. The van der Waals surface area contributed by atoms with E-state index in [1.54, 1.807) is 12.4 Å². The lowest BCUT2D eigenvalue weighted by molar-refractivity contribution is 1.19. The van der Waals surface area contributed by atoms with E-state index in [2.05, 4.69) is 113 Å². The van der Waals surface area contributed by atoms with Crippen LogP contribution < -0.4 is 0 Å². The van der Waals surface area contributed by atoms with E-state index in [0.29, 0.717) is 0 Å². The number of aryl methyl sites for hydroxylation is 2. The van der Waals surface area contributed by atoms with Crippen LogP contribution in [0.1, 0.15) is 11.1 Å². The Hall–Kier alpha value is -4.50. The van der Waals surface area contributed by atoms with Gasteiger partial charge in [0.05, 0.1) is 27.8 Å². The molecule has 2 heterocycles. The average molecular weight is 450 g/mol. The summed E-state index contributed by atoms with van der Waals surface area (Å²) in [6, 6.07) is 32.9. The van der Waals surface area contributed by atoms with Crippen LogP contribution in [0.25, 0.3) is 60.4 Å². The van der Waals surface area contributed by atoms with Crippen molar-refractivity contribution in [2.75, 3.05) is 0 Å². The summed E-state index contributed by atoms with van der Waals surface area (Å²) in [7, 11) is 0. The van der Waals surface area contributed by atoms with Crippen molar-refractivity contribution in [3.63, 3.8) is 0 Å².